The van der Waals surface area contributed by atoms with Crippen molar-refractivity contribution in [2.45, 2.75) is 25.1 Å². The van der Waals surface area contributed by atoms with Crippen LogP contribution in [0, 0.1) is 0 Å². The number of halogens is 3. The first-order chi connectivity index (χ1) is 15.4. The highest BCUT2D eigenvalue weighted by atomic mass is 19.4. The molecule has 1 aliphatic heterocycles. The molecule has 0 saturated carbocycles. The van der Waals surface area contributed by atoms with Gasteiger partial charge in [-0.1, -0.05) is 0 Å². The fraction of sp³-hybridized carbons (Fsp3) is 0.368. The molecule has 0 aliphatic carbocycles. The number of ether oxygens (including phenoxy) is 1. The lowest BCUT2D eigenvalue weighted by atomic mass is 10.1. The molecule has 0 aromatic carbocycles. The Labute approximate surface area is 179 Å². The Morgan fingerprint density at radius 3 is 2.41 bits per heavy atom. The van der Waals surface area contributed by atoms with Crippen LogP contribution in [0.4, 0.5) is 19.0 Å². The minimum absolute atomic E-state index is 0.0474. The van der Waals surface area contributed by atoms with Crippen LogP contribution in [0.25, 0.3) is 16.8 Å². The van der Waals surface area contributed by atoms with Crippen LogP contribution >= 0.6 is 0 Å². The maximum absolute atomic E-state index is 13.1. The number of aryl methyl sites for hydroxylation is 1. The zero-order valence-corrected chi connectivity index (χ0v) is 16.9. The number of nitrogens with zero attached hydrogens (tertiary/aromatic N) is 9. The van der Waals surface area contributed by atoms with E-state index in [9.17, 15) is 13.2 Å². The summed E-state index contributed by atoms with van der Waals surface area (Å²) in [6.45, 7) is 1.14. The molecule has 13 heteroatoms. The van der Waals surface area contributed by atoms with E-state index in [1.165, 1.54) is 6.07 Å². The van der Waals surface area contributed by atoms with E-state index in [2.05, 4.69) is 30.4 Å². The monoisotopic (exact) mass is 445 g/mol. The van der Waals surface area contributed by atoms with E-state index >= 15 is 0 Å². The standard InChI is InChI=1S/C19H18F3N9O/c1-29-11-13(10-25-29)12-8-23-18(24-9-12)32-14-4-6-30(7-5-14)16-3-2-15-26-27-17(19(20,21)22)31(15)28-16/h2-3,8-11,14H,4-7H2,1H3. The third-order valence-corrected chi connectivity index (χ3v) is 5.21. The molecule has 1 saturated heterocycles. The molecule has 0 spiro atoms. The van der Waals surface area contributed by atoms with Gasteiger partial charge in [-0.15, -0.1) is 15.3 Å². The number of aromatic nitrogens is 8. The van der Waals surface area contributed by atoms with E-state index in [1.54, 1.807) is 29.3 Å². The van der Waals surface area contributed by atoms with Crippen molar-refractivity contribution < 1.29 is 17.9 Å². The molecule has 0 N–H and O–H groups in total. The lowest BCUT2D eigenvalue weighted by molar-refractivity contribution is -0.146. The van der Waals surface area contributed by atoms with Gasteiger partial charge in [0.05, 0.1) is 6.20 Å². The van der Waals surface area contributed by atoms with Crippen LogP contribution < -0.4 is 9.64 Å². The number of piperidine rings is 1. The molecule has 32 heavy (non-hydrogen) atoms. The van der Waals surface area contributed by atoms with Gasteiger partial charge in [-0.2, -0.15) is 22.8 Å². The van der Waals surface area contributed by atoms with Crippen molar-refractivity contribution in [1.29, 1.82) is 0 Å². The molecule has 0 amide bonds. The van der Waals surface area contributed by atoms with Crippen molar-refractivity contribution >= 4 is 11.5 Å². The van der Waals surface area contributed by atoms with Crippen LogP contribution in [0.5, 0.6) is 6.01 Å². The summed E-state index contributed by atoms with van der Waals surface area (Å²) in [5, 5.41) is 15.0. The predicted molar refractivity (Wildman–Crippen MR) is 106 cm³/mol. The van der Waals surface area contributed by atoms with Crippen LogP contribution in [0.3, 0.4) is 0 Å². The topological polar surface area (TPSA) is 99.2 Å². The maximum atomic E-state index is 13.1. The Bertz CT molecular complexity index is 1230. The van der Waals surface area contributed by atoms with Crippen molar-refractivity contribution in [2.75, 3.05) is 18.0 Å². The molecule has 5 heterocycles. The van der Waals surface area contributed by atoms with E-state index in [4.69, 9.17) is 4.74 Å². The lowest BCUT2D eigenvalue weighted by Crippen LogP contribution is -2.39. The van der Waals surface area contributed by atoms with Gasteiger partial charge in [0.2, 0.25) is 0 Å². The molecule has 1 fully saturated rings. The second-order valence-corrected chi connectivity index (χ2v) is 7.44. The molecular formula is C19H18F3N9O. The molecule has 4 aromatic heterocycles. The van der Waals surface area contributed by atoms with Crippen LogP contribution in [-0.2, 0) is 13.2 Å². The summed E-state index contributed by atoms with van der Waals surface area (Å²) in [5.41, 5.74) is 1.80. The summed E-state index contributed by atoms with van der Waals surface area (Å²) in [5.74, 6) is -0.710. The Kier molecular flexibility index (Phi) is 4.87. The first-order valence-corrected chi connectivity index (χ1v) is 9.89. The van der Waals surface area contributed by atoms with Gasteiger partial charge in [0.15, 0.2) is 5.65 Å². The summed E-state index contributed by atoms with van der Waals surface area (Å²) < 4.78 is 47.6. The first kappa shape index (κ1) is 20.2. The largest absolute Gasteiger partial charge is 0.460 e. The van der Waals surface area contributed by atoms with Gasteiger partial charge in [-0.25, -0.2) is 9.97 Å². The van der Waals surface area contributed by atoms with Crippen molar-refractivity contribution in [3.8, 4) is 17.1 Å². The molecule has 0 atom stereocenters. The van der Waals surface area contributed by atoms with E-state index < -0.39 is 12.0 Å². The molecule has 5 rings (SSSR count). The number of hydrogen-bond donors (Lipinski definition) is 0. The van der Waals surface area contributed by atoms with Gasteiger partial charge in [-0.3, -0.25) is 4.68 Å². The summed E-state index contributed by atoms with van der Waals surface area (Å²) in [7, 11) is 1.84. The number of hydrogen-bond acceptors (Lipinski definition) is 8. The minimum Gasteiger partial charge on any atom is -0.460 e. The Balaban J connectivity index is 1.22. The highest BCUT2D eigenvalue weighted by Gasteiger charge is 2.38. The number of alkyl halides is 3. The summed E-state index contributed by atoms with van der Waals surface area (Å²) in [4.78, 5) is 10.5. The van der Waals surface area contributed by atoms with E-state index in [0.29, 0.717) is 31.7 Å². The van der Waals surface area contributed by atoms with Crippen molar-refractivity contribution in [2.24, 2.45) is 7.05 Å². The lowest BCUT2D eigenvalue weighted by Gasteiger charge is -2.32. The van der Waals surface area contributed by atoms with Gasteiger partial charge in [-0.05, 0) is 12.1 Å². The number of fused-ring (bicyclic) bond motifs is 1. The average Bonchev–Trinajstić information content (AvgIpc) is 3.40. The zero-order valence-electron chi connectivity index (χ0n) is 16.9. The van der Waals surface area contributed by atoms with Gasteiger partial charge < -0.3 is 9.64 Å². The molecule has 10 nitrogen and oxygen atoms in total. The predicted octanol–water partition coefficient (Wildman–Crippen LogP) is 2.38. The van der Waals surface area contributed by atoms with Crippen LogP contribution in [0.2, 0.25) is 0 Å². The average molecular weight is 445 g/mol. The molecule has 0 radical (unpaired) electrons. The Morgan fingerprint density at radius 2 is 1.75 bits per heavy atom. The zero-order chi connectivity index (χ0) is 22.3. The van der Waals surface area contributed by atoms with Crippen molar-refractivity contribution in [3.05, 3.63) is 42.7 Å². The second kappa shape index (κ2) is 7.73. The second-order valence-electron chi connectivity index (χ2n) is 7.44. The fourth-order valence-corrected chi connectivity index (χ4v) is 3.57. The fourth-order valence-electron chi connectivity index (χ4n) is 3.57. The number of anilines is 1. The van der Waals surface area contributed by atoms with Crippen LogP contribution in [0.15, 0.2) is 36.9 Å². The van der Waals surface area contributed by atoms with Gasteiger partial charge in [0.1, 0.15) is 11.9 Å². The highest BCUT2D eigenvalue weighted by molar-refractivity contribution is 5.59. The van der Waals surface area contributed by atoms with Crippen LogP contribution in [0.1, 0.15) is 18.7 Å². The molecule has 0 bridgehead atoms. The third-order valence-electron chi connectivity index (χ3n) is 5.21. The van der Waals surface area contributed by atoms with E-state index in [-0.39, 0.29) is 17.8 Å². The molecule has 1 aliphatic rings. The highest BCUT2D eigenvalue weighted by Crippen LogP contribution is 2.28. The maximum Gasteiger partial charge on any atom is 0.453 e. The Morgan fingerprint density at radius 1 is 1.00 bits per heavy atom. The molecule has 4 aromatic rings. The third kappa shape index (κ3) is 3.92. The Hall–Kier alpha value is -3.77. The smallest absolute Gasteiger partial charge is 0.453 e. The SMILES string of the molecule is Cn1cc(-c2cnc(OC3CCN(c4ccc5nnc(C(F)(F)F)n5n4)CC3)nc2)cn1. The molecule has 0 unspecified atom stereocenters. The van der Waals surface area contributed by atoms with E-state index in [0.717, 1.165) is 15.6 Å². The normalized spacial score (nSPS) is 15.4. The van der Waals surface area contributed by atoms with E-state index in [1.807, 2.05) is 18.1 Å². The minimum atomic E-state index is -4.63. The van der Waals surface area contributed by atoms with Gasteiger partial charge in [0, 0.05) is 62.7 Å². The van der Waals surface area contributed by atoms with Crippen LogP contribution in [-0.4, -0.2) is 58.8 Å². The van der Waals surface area contributed by atoms with Crippen molar-refractivity contribution in [3.63, 3.8) is 0 Å². The van der Waals surface area contributed by atoms with Gasteiger partial charge >= 0.3 is 12.2 Å². The number of rotatable bonds is 4. The molecule has 166 valence electrons. The first-order valence-electron chi connectivity index (χ1n) is 9.89. The summed E-state index contributed by atoms with van der Waals surface area (Å²) >= 11 is 0. The molecular weight excluding hydrogens is 427 g/mol. The van der Waals surface area contributed by atoms with Gasteiger partial charge in [0.25, 0.3) is 5.82 Å². The quantitative estimate of drug-likeness (QED) is 0.472. The summed E-state index contributed by atoms with van der Waals surface area (Å²) in [6, 6.07) is 3.41. The summed E-state index contributed by atoms with van der Waals surface area (Å²) in [6.07, 6.45) is 3.56. The van der Waals surface area contributed by atoms with Crippen molar-refractivity contribution in [1.82, 2.24) is 39.6 Å².